The number of unbranched alkanes of at least 4 members (excludes halogenated alkanes) is 22. The fraction of sp³-hybridized carbons (Fsp3) is 0.822. The number of rotatable bonds is 37. The van der Waals surface area contributed by atoms with E-state index >= 15 is 3.32 Å². The van der Waals surface area contributed by atoms with Gasteiger partial charge in [-0.25, -0.2) is 0 Å². The molecule has 0 saturated carbocycles. The third-order valence-electron chi connectivity index (χ3n) is 11.5. The third kappa shape index (κ3) is 18.2. The molecule has 0 aromatic heterocycles. The molecule has 0 aliphatic carbocycles. The molecular weight excluding hydrogens is 700 g/mol. The van der Waals surface area contributed by atoms with Gasteiger partial charge in [0.2, 0.25) is 0 Å². The van der Waals surface area contributed by atoms with Gasteiger partial charge in [-0.3, -0.25) is 0 Å². The first-order valence-corrected chi connectivity index (χ1v) is 26.4. The summed E-state index contributed by atoms with van der Waals surface area (Å²) >= 11 is -8.04. The standard InChI is InChI=1S/2C18H35O.2C3H4O2.C3H7.O.Ti/c2*1-18(2)16-14-12-10-8-6-4-3-5-7-9-11-13-15-17-19;2*1-2-3(4)5;1-3-2;;/h2*18H,3-16H2,1-2H3;2*2H,1H2,(H,4,5);3H,1-2H3;;/q;;;;;;+2/p-2. The molecule has 0 radical (unpaired) electrons. The predicted octanol–water partition coefficient (Wildman–Crippen LogP) is 14.0. The van der Waals surface area contributed by atoms with Gasteiger partial charge in [-0.1, -0.05) is 66.2 Å². The van der Waals surface area contributed by atoms with Gasteiger partial charge in [-0.05, 0) is 11.8 Å². The second kappa shape index (κ2) is 27.8. The van der Waals surface area contributed by atoms with E-state index < -0.39 is 39.1 Å². The summed E-state index contributed by atoms with van der Waals surface area (Å²) in [6.07, 6.45) is 29.6. The van der Waals surface area contributed by atoms with Crippen LogP contribution < -0.4 is 0 Å². The van der Waals surface area contributed by atoms with E-state index in [9.17, 15) is 19.2 Å². The van der Waals surface area contributed by atoms with Crippen molar-refractivity contribution in [3.8, 4) is 0 Å². The van der Waals surface area contributed by atoms with Gasteiger partial charge in [-0.2, -0.15) is 0 Å². The Morgan fingerprint density at radius 2 is 0.660 bits per heavy atom. The Kier molecular flexibility index (Phi) is 26.9. The van der Waals surface area contributed by atoms with Gasteiger partial charge in [0.15, 0.2) is 0 Å². The van der Waals surface area contributed by atoms with Crippen molar-refractivity contribution in [3.63, 3.8) is 0 Å². The maximum atomic E-state index is 15.8. The molecule has 0 unspecified atom stereocenters. The zero-order valence-electron chi connectivity index (χ0n) is 35.5. The van der Waals surface area contributed by atoms with Crippen LogP contribution in [-0.2, 0) is 43.9 Å². The van der Waals surface area contributed by atoms with Crippen LogP contribution in [-0.4, -0.2) is 20.1 Å². The first kappa shape index (κ1) is 51.3. The van der Waals surface area contributed by atoms with E-state index in [-0.39, 0.29) is 12.8 Å². The Hall–Kier alpha value is -1.73. The predicted molar refractivity (Wildman–Crippen MR) is 217 cm³/mol. The van der Waals surface area contributed by atoms with Crippen molar-refractivity contribution in [1.82, 2.24) is 0 Å². The van der Waals surface area contributed by atoms with Crippen molar-refractivity contribution in [1.29, 1.82) is 0 Å². The summed E-state index contributed by atoms with van der Waals surface area (Å²) in [5, 5.41) is 0. The molecule has 0 aliphatic heterocycles. The van der Waals surface area contributed by atoms with Gasteiger partial charge in [0, 0.05) is 0 Å². The molecular formula is C45H83O7Ti. The summed E-state index contributed by atoms with van der Waals surface area (Å²) in [6.45, 7) is 18.7. The van der Waals surface area contributed by atoms with Crippen molar-refractivity contribution in [2.75, 3.05) is 0 Å². The molecule has 0 aromatic rings. The van der Waals surface area contributed by atoms with Crippen molar-refractivity contribution >= 4 is 20.1 Å². The van der Waals surface area contributed by atoms with Crippen LogP contribution in [0.4, 0.5) is 0 Å². The Balaban J connectivity index is 5.17. The molecule has 7 nitrogen and oxygen atoms in total. The Morgan fingerprint density at radius 1 is 0.434 bits per heavy atom. The summed E-state index contributed by atoms with van der Waals surface area (Å²) in [7, 11) is 0. The molecule has 0 atom stereocenters. The summed E-state index contributed by atoms with van der Waals surface area (Å²) < 4.78 is 23.4. The van der Waals surface area contributed by atoms with Crippen molar-refractivity contribution < 1.29 is 43.9 Å². The molecule has 0 heterocycles. The number of hydrogen-bond acceptors (Lipinski definition) is 7. The van der Waals surface area contributed by atoms with Crippen LogP contribution in [0.15, 0.2) is 25.3 Å². The zero-order chi connectivity index (χ0) is 40.1. The first-order chi connectivity index (χ1) is 25.1. The van der Waals surface area contributed by atoms with Crippen molar-refractivity contribution in [2.45, 2.75) is 226 Å². The van der Waals surface area contributed by atoms with E-state index in [2.05, 4.69) is 40.9 Å². The molecule has 0 fully saturated rings. The van der Waals surface area contributed by atoms with E-state index in [1.165, 1.54) is 117 Å². The molecule has 0 bridgehead atoms. The fourth-order valence-electron chi connectivity index (χ4n) is 7.64. The average molecular weight is 784 g/mol. The normalized spacial score (nSPS) is 13.2. The topological polar surface area (TPSA) is 104 Å². The van der Waals surface area contributed by atoms with Crippen LogP contribution >= 0.6 is 0 Å². The molecule has 0 aromatic carbocycles. The molecule has 309 valence electrons. The van der Waals surface area contributed by atoms with Gasteiger partial charge in [0.05, 0.1) is 0 Å². The first-order valence-electron chi connectivity index (χ1n) is 22.0. The second-order valence-corrected chi connectivity index (χ2v) is 26.5. The van der Waals surface area contributed by atoms with Crippen LogP contribution in [0.3, 0.4) is 0 Å². The van der Waals surface area contributed by atoms with E-state index in [0.717, 1.165) is 62.5 Å². The van der Waals surface area contributed by atoms with Crippen LogP contribution in [0, 0.1) is 11.8 Å². The quantitative estimate of drug-likeness (QED) is 0.0351. The summed E-state index contributed by atoms with van der Waals surface area (Å²) in [5.41, 5.74) is 0. The van der Waals surface area contributed by atoms with E-state index in [0.29, 0.717) is 25.7 Å². The third-order valence-corrected chi connectivity index (χ3v) is 22.4. The van der Waals surface area contributed by atoms with E-state index in [1.54, 1.807) is 0 Å². The maximum absolute atomic E-state index is 15.8. The Labute approximate surface area is 325 Å². The van der Waals surface area contributed by atoms with Gasteiger partial charge < -0.3 is 0 Å². The molecule has 53 heavy (non-hydrogen) atoms. The molecule has 0 saturated heterocycles. The van der Waals surface area contributed by atoms with Crippen LogP contribution in [0.1, 0.15) is 221 Å². The fourth-order valence-corrected chi connectivity index (χ4v) is 15.8. The number of hydrogen-bond donors (Lipinski definition) is 0. The van der Waals surface area contributed by atoms with Crippen molar-refractivity contribution in [2.24, 2.45) is 11.8 Å². The molecule has 0 aliphatic rings. The average Bonchev–Trinajstić information content (AvgIpc) is 3.11. The zero-order valence-corrected chi connectivity index (χ0v) is 37.0. The van der Waals surface area contributed by atoms with Crippen LogP contribution in [0.25, 0.3) is 0 Å². The molecule has 8 heteroatoms. The van der Waals surface area contributed by atoms with Gasteiger partial charge >= 0.3 is 249 Å². The van der Waals surface area contributed by atoms with Crippen LogP contribution in [0.5, 0.6) is 0 Å². The molecule has 0 spiro atoms. The Morgan fingerprint density at radius 3 is 0.868 bits per heavy atom. The second-order valence-electron chi connectivity index (χ2n) is 17.2. The molecule has 0 N–H and O–H groups in total. The Bertz CT molecular complexity index is 1080. The number of carbonyl (C=O) groups excluding carboxylic acids is 4. The minimum absolute atomic E-state index is 0.290. The van der Waals surface area contributed by atoms with Crippen LogP contribution in [0.2, 0.25) is 4.22 Å². The number of carbonyl (C=O) groups is 4. The van der Waals surface area contributed by atoms with Crippen molar-refractivity contribution in [3.05, 3.63) is 25.3 Å². The van der Waals surface area contributed by atoms with E-state index in [4.69, 9.17) is 6.64 Å². The monoisotopic (exact) mass is 784 g/mol. The van der Waals surface area contributed by atoms with E-state index in [1.807, 2.05) is 0 Å². The summed E-state index contributed by atoms with van der Waals surface area (Å²) in [4.78, 5) is 54.3. The van der Waals surface area contributed by atoms with Gasteiger partial charge in [0.1, 0.15) is 0 Å². The summed E-state index contributed by atoms with van der Waals surface area (Å²) in [6, 6.07) is 0. The molecule has 0 amide bonds. The molecule has 0 rings (SSSR count). The van der Waals surface area contributed by atoms with Gasteiger partial charge in [0.25, 0.3) is 0 Å². The minimum atomic E-state index is -8.04. The van der Waals surface area contributed by atoms with Gasteiger partial charge in [-0.15, -0.1) is 0 Å². The SMILES string of the molecule is C=CC(=O)[O][Ti](=[O])([O]C(=O)C=C)([C](=O)CCCCCCCCCCCCCCC(C)C)([C](=O)CCCCCCCCCCCCCCC(C)C)[CH](C)C. The summed E-state index contributed by atoms with van der Waals surface area (Å²) in [5.74, 6) is -0.861.